The summed E-state index contributed by atoms with van der Waals surface area (Å²) in [5.41, 5.74) is 0.397. The molecule has 0 aliphatic carbocycles. The van der Waals surface area contributed by atoms with Gasteiger partial charge in [0.2, 0.25) is 0 Å². The lowest BCUT2D eigenvalue weighted by atomic mass is 10.2. The molecule has 0 unspecified atom stereocenters. The molecule has 0 radical (unpaired) electrons. The second kappa shape index (κ2) is 5.32. The molecule has 1 aromatic carbocycles. The molecule has 0 aliphatic heterocycles. The van der Waals surface area contributed by atoms with E-state index in [1.165, 1.54) is 18.2 Å². The molecule has 0 aliphatic rings. The number of thiocarbonyl (C=S) groups is 1. The lowest BCUT2D eigenvalue weighted by molar-refractivity contribution is 0.0694. The van der Waals surface area contributed by atoms with Crippen molar-refractivity contribution in [3.05, 3.63) is 23.8 Å². The second-order valence-corrected chi connectivity index (χ2v) is 3.43. The molecular weight excluding hydrogens is 228 g/mol. The summed E-state index contributed by atoms with van der Waals surface area (Å²) in [7, 11) is 0. The number of aromatic hydroxyl groups is 1. The van der Waals surface area contributed by atoms with E-state index < -0.39 is 5.97 Å². The van der Waals surface area contributed by atoms with Gasteiger partial charge in [0.05, 0.1) is 0 Å². The fraction of sp³-hybridized carbons (Fsp3) is 0.200. The van der Waals surface area contributed by atoms with Crippen LogP contribution in [0.3, 0.4) is 0 Å². The summed E-state index contributed by atoms with van der Waals surface area (Å²) in [6.07, 6.45) is 0. The monoisotopic (exact) mass is 240 g/mol. The first-order chi connectivity index (χ1) is 7.54. The molecule has 86 valence electrons. The molecule has 1 aromatic rings. The van der Waals surface area contributed by atoms with Gasteiger partial charge in [-0.1, -0.05) is 0 Å². The average molecular weight is 240 g/mol. The SMILES string of the molecule is CCNC(=S)Nc1ccc(C(=O)O)c(O)c1. The maximum Gasteiger partial charge on any atom is 0.339 e. The van der Waals surface area contributed by atoms with Gasteiger partial charge in [-0.05, 0) is 31.3 Å². The number of anilines is 1. The normalized spacial score (nSPS) is 9.56. The van der Waals surface area contributed by atoms with Crippen molar-refractivity contribution >= 4 is 29.0 Å². The Morgan fingerprint density at radius 1 is 1.50 bits per heavy atom. The molecule has 0 aromatic heterocycles. The van der Waals surface area contributed by atoms with Crippen LogP contribution < -0.4 is 10.6 Å². The van der Waals surface area contributed by atoms with E-state index in [1.807, 2.05) is 6.92 Å². The number of phenols is 1. The highest BCUT2D eigenvalue weighted by Gasteiger charge is 2.09. The van der Waals surface area contributed by atoms with Gasteiger partial charge in [-0.25, -0.2) is 4.79 Å². The van der Waals surface area contributed by atoms with Gasteiger partial charge in [0, 0.05) is 18.3 Å². The van der Waals surface area contributed by atoms with Crippen molar-refractivity contribution < 1.29 is 15.0 Å². The van der Waals surface area contributed by atoms with Crippen molar-refractivity contribution in [2.45, 2.75) is 6.92 Å². The molecule has 0 saturated carbocycles. The Morgan fingerprint density at radius 2 is 2.19 bits per heavy atom. The maximum absolute atomic E-state index is 10.6. The first kappa shape index (κ1) is 12.3. The molecule has 6 heteroatoms. The topological polar surface area (TPSA) is 81.6 Å². The Kier molecular flexibility index (Phi) is 4.07. The summed E-state index contributed by atoms with van der Waals surface area (Å²) in [6.45, 7) is 2.59. The van der Waals surface area contributed by atoms with E-state index in [1.54, 1.807) is 0 Å². The van der Waals surface area contributed by atoms with Crippen LogP contribution in [0, 0.1) is 0 Å². The van der Waals surface area contributed by atoms with Crippen LogP contribution in [-0.2, 0) is 0 Å². The smallest absolute Gasteiger partial charge is 0.339 e. The zero-order chi connectivity index (χ0) is 12.1. The molecule has 0 amide bonds. The number of aromatic carboxylic acids is 1. The van der Waals surface area contributed by atoms with E-state index in [0.29, 0.717) is 17.3 Å². The van der Waals surface area contributed by atoms with Crippen molar-refractivity contribution in [3.8, 4) is 5.75 Å². The Labute approximate surface area is 98.1 Å². The third-order valence-electron chi connectivity index (χ3n) is 1.82. The molecule has 5 nitrogen and oxygen atoms in total. The van der Waals surface area contributed by atoms with Gasteiger partial charge >= 0.3 is 5.97 Å². The van der Waals surface area contributed by atoms with Crippen LogP contribution in [0.5, 0.6) is 5.75 Å². The Bertz CT molecular complexity index is 421. The summed E-state index contributed by atoms with van der Waals surface area (Å²) in [5, 5.41) is 24.2. The first-order valence-electron chi connectivity index (χ1n) is 4.65. The lowest BCUT2D eigenvalue weighted by Gasteiger charge is -2.09. The molecule has 0 saturated heterocycles. The van der Waals surface area contributed by atoms with E-state index in [4.69, 9.17) is 17.3 Å². The van der Waals surface area contributed by atoms with Gasteiger partial charge < -0.3 is 20.8 Å². The number of benzene rings is 1. The molecule has 4 N–H and O–H groups in total. The highest BCUT2D eigenvalue weighted by Crippen LogP contribution is 2.21. The molecular formula is C10H12N2O3S. The molecule has 0 spiro atoms. The fourth-order valence-corrected chi connectivity index (χ4v) is 1.39. The minimum Gasteiger partial charge on any atom is -0.507 e. The number of rotatable bonds is 3. The van der Waals surface area contributed by atoms with Gasteiger partial charge in [-0.2, -0.15) is 0 Å². The highest BCUT2D eigenvalue weighted by atomic mass is 32.1. The largest absolute Gasteiger partial charge is 0.507 e. The maximum atomic E-state index is 10.6. The van der Waals surface area contributed by atoms with Crippen LogP contribution in [0.4, 0.5) is 5.69 Å². The van der Waals surface area contributed by atoms with E-state index in [-0.39, 0.29) is 11.3 Å². The van der Waals surface area contributed by atoms with Crippen LogP contribution in [0.2, 0.25) is 0 Å². The van der Waals surface area contributed by atoms with Gasteiger partial charge in [0.1, 0.15) is 11.3 Å². The Morgan fingerprint density at radius 3 is 2.69 bits per heavy atom. The molecule has 1 rings (SSSR count). The fourth-order valence-electron chi connectivity index (χ4n) is 1.13. The summed E-state index contributed by atoms with van der Waals surface area (Å²) in [4.78, 5) is 10.6. The van der Waals surface area contributed by atoms with Gasteiger partial charge in [-0.3, -0.25) is 0 Å². The van der Waals surface area contributed by atoms with E-state index in [9.17, 15) is 9.90 Å². The van der Waals surface area contributed by atoms with E-state index in [2.05, 4.69) is 10.6 Å². The van der Waals surface area contributed by atoms with Crippen molar-refractivity contribution in [1.29, 1.82) is 0 Å². The first-order valence-corrected chi connectivity index (χ1v) is 5.06. The van der Waals surface area contributed by atoms with Crippen LogP contribution in [0.25, 0.3) is 0 Å². The van der Waals surface area contributed by atoms with E-state index in [0.717, 1.165) is 0 Å². The summed E-state index contributed by atoms with van der Waals surface area (Å²) in [5.74, 6) is -1.46. The van der Waals surface area contributed by atoms with Gasteiger partial charge in [0.25, 0.3) is 0 Å². The highest BCUT2D eigenvalue weighted by molar-refractivity contribution is 7.80. The number of carboxylic acid groups (broad SMARTS) is 1. The zero-order valence-corrected chi connectivity index (χ0v) is 9.47. The van der Waals surface area contributed by atoms with Gasteiger partial charge in [-0.15, -0.1) is 0 Å². The number of carboxylic acids is 1. The summed E-state index contributed by atoms with van der Waals surface area (Å²) in [6, 6.07) is 4.16. The predicted molar refractivity (Wildman–Crippen MR) is 65.0 cm³/mol. The quantitative estimate of drug-likeness (QED) is 0.598. The molecule has 0 bridgehead atoms. The zero-order valence-electron chi connectivity index (χ0n) is 8.65. The summed E-state index contributed by atoms with van der Waals surface area (Å²) >= 11 is 4.94. The number of nitrogens with one attached hydrogen (secondary N) is 2. The molecule has 0 atom stereocenters. The second-order valence-electron chi connectivity index (χ2n) is 3.02. The van der Waals surface area contributed by atoms with Crippen LogP contribution in [-0.4, -0.2) is 27.8 Å². The minimum absolute atomic E-state index is 0.139. The Hall–Kier alpha value is -1.82. The number of hydrogen-bond acceptors (Lipinski definition) is 3. The standard InChI is InChI=1S/C10H12N2O3S/c1-2-11-10(16)12-6-3-4-7(9(14)15)8(13)5-6/h3-5,13H,2H2,1H3,(H,14,15)(H2,11,12,16). The molecule has 0 fully saturated rings. The van der Waals surface area contributed by atoms with Crippen molar-refractivity contribution in [2.75, 3.05) is 11.9 Å². The number of carbonyl (C=O) groups is 1. The Balaban J connectivity index is 2.81. The van der Waals surface area contributed by atoms with Crippen LogP contribution >= 0.6 is 12.2 Å². The minimum atomic E-state index is -1.17. The van der Waals surface area contributed by atoms with Crippen molar-refractivity contribution in [1.82, 2.24) is 5.32 Å². The van der Waals surface area contributed by atoms with Crippen molar-refractivity contribution in [2.24, 2.45) is 0 Å². The molecule has 16 heavy (non-hydrogen) atoms. The van der Waals surface area contributed by atoms with Crippen LogP contribution in [0.1, 0.15) is 17.3 Å². The van der Waals surface area contributed by atoms with E-state index >= 15 is 0 Å². The average Bonchev–Trinajstić information content (AvgIpc) is 2.17. The van der Waals surface area contributed by atoms with Gasteiger partial charge in [0.15, 0.2) is 5.11 Å². The predicted octanol–water partition coefficient (Wildman–Crippen LogP) is 1.40. The van der Waals surface area contributed by atoms with Crippen LogP contribution in [0.15, 0.2) is 18.2 Å². The van der Waals surface area contributed by atoms with Crippen molar-refractivity contribution in [3.63, 3.8) is 0 Å². The summed E-state index contributed by atoms with van der Waals surface area (Å²) < 4.78 is 0. The lowest BCUT2D eigenvalue weighted by Crippen LogP contribution is -2.27. The molecule has 0 heterocycles. The third-order valence-corrected chi connectivity index (χ3v) is 2.07. The number of hydrogen-bond donors (Lipinski definition) is 4. The third kappa shape index (κ3) is 3.09.